The zero-order chi connectivity index (χ0) is 7.28. The van der Waals surface area contributed by atoms with Gasteiger partial charge in [0, 0.05) is 18.8 Å². The molecule has 4 heteroatoms. The van der Waals surface area contributed by atoms with Crippen LogP contribution in [0.5, 0.6) is 0 Å². The highest BCUT2D eigenvalue weighted by molar-refractivity contribution is 14.1. The first-order valence-electron chi connectivity index (χ1n) is 2.40. The van der Waals surface area contributed by atoms with Crippen molar-refractivity contribution in [2.24, 2.45) is 10.7 Å². The zero-order valence-corrected chi connectivity index (χ0v) is 7.29. The van der Waals surface area contributed by atoms with Crippen LogP contribution >= 0.6 is 22.6 Å². The third kappa shape index (κ3) is 2.81. The molecule has 0 radical (unpaired) electrons. The smallest absolute Gasteiger partial charge is 0.102 e. The van der Waals surface area contributed by atoms with Crippen molar-refractivity contribution >= 4 is 26.3 Å². The molecule has 0 aliphatic rings. The average molecular weight is 240 g/mol. The van der Waals surface area contributed by atoms with Crippen molar-refractivity contribution < 1.29 is 5.11 Å². The third-order valence-corrected chi connectivity index (χ3v) is 2.01. The molecule has 0 aliphatic carbocycles. The molecule has 0 heterocycles. The van der Waals surface area contributed by atoms with Crippen molar-refractivity contribution in [2.75, 3.05) is 13.7 Å². The van der Waals surface area contributed by atoms with Crippen molar-refractivity contribution in [2.45, 2.75) is 0 Å². The fraction of sp³-hybridized carbons (Fsp3) is 0.400. The molecule has 0 aliphatic heterocycles. The van der Waals surface area contributed by atoms with Gasteiger partial charge in [-0.1, -0.05) is 0 Å². The molecule has 0 atom stereocenters. The molecule has 3 nitrogen and oxygen atoms in total. The van der Waals surface area contributed by atoms with Gasteiger partial charge in [-0.3, -0.25) is 4.99 Å². The van der Waals surface area contributed by atoms with E-state index in [4.69, 9.17) is 10.8 Å². The van der Waals surface area contributed by atoms with Crippen LogP contribution < -0.4 is 5.73 Å². The Morgan fingerprint density at radius 1 is 1.89 bits per heavy atom. The van der Waals surface area contributed by atoms with Gasteiger partial charge in [-0.15, -0.1) is 0 Å². The molecule has 9 heavy (non-hydrogen) atoms. The molecule has 0 unspecified atom stereocenters. The van der Waals surface area contributed by atoms with E-state index in [-0.39, 0.29) is 6.61 Å². The fourth-order valence-electron chi connectivity index (χ4n) is 0.330. The number of aliphatic hydroxyl groups excluding tert-OH is 1. The number of nitrogens with zero attached hydrogens (tertiary/aromatic N) is 1. The lowest BCUT2D eigenvalue weighted by Gasteiger charge is -1.96. The molecule has 0 spiro atoms. The molecule has 0 saturated heterocycles. The van der Waals surface area contributed by atoms with Gasteiger partial charge in [0.15, 0.2) is 0 Å². The highest BCUT2D eigenvalue weighted by Crippen LogP contribution is 2.01. The van der Waals surface area contributed by atoms with Gasteiger partial charge in [-0.25, -0.2) is 0 Å². The van der Waals surface area contributed by atoms with Crippen LogP contribution in [-0.4, -0.2) is 22.5 Å². The standard InChI is InChI=1S/C5H9IN2O/c1-8-5(6)4(2-7)3-9/h2,9H,3,7H2,1H3. The molecule has 0 aromatic rings. The van der Waals surface area contributed by atoms with Crippen molar-refractivity contribution in [3.63, 3.8) is 0 Å². The average Bonchev–Trinajstić information content (AvgIpc) is 1.90. The summed E-state index contributed by atoms with van der Waals surface area (Å²) in [4.78, 5) is 3.83. The van der Waals surface area contributed by atoms with Gasteiger partial charge in [0.1, 0.15) is 3.72 Å². The van der Waals surface area contributed by atoms with Crippen LogP contribution in [0.3, 0.4) is 0 Å². The Kier molecular flexibility index (Phi) is 4.70. The summed E-state index contributed by atoms with van der Waals surface area (Å²) in [6, 6.07) is 0. The SMILES string of the molecule is CN=C(I)C(=CN)CO. The van der Waals surface area contributed by atoms with Gasteiger partial charge < -0.3 is 10.8 Å². The normalized spacial score (nSPS) is 14.1. The largest absolute Gasteiger partial charge is 0.404 e. The summed E-state index contributed by atoms with van der Waals surface area (Å²) >= 11 is 2.01. The minimum absolute atomic E-state index is 0.0495. The summed E-state index contributed by atoms with van der Waals surface area (Å²) in [7, 11) is 1.65. The molecular formula is C5H9IN2O. The Labute approximate surface area is 67.8 Å². The van der Waals surface area contributed by atoms with Crippen molar-refractivity contribution in [3.8, 4) is 0 Å². The summed E-state index contributed by atoms with van der Waals surface area (Å²) in [5.41, 5.74) is 5.82. The van der Waals surface area contributed by atoms with E-state index in [0.29, 0.717) is 5.57 Å². The predicted octanol–water partition coefficient (Wildman–Crippen LogP) is 0.285. The number of halogens is 1. The lowest BCUT2D eigenvalue weighted by atomic mass is 10.3. The van der Waals surface area contributed by atoms with Crippen LogP contribution in [0.4, 0.5) is 0 Å². The van der Waals surface area contributed by atoms with Crippen molar-refractivity contribution in [3.05, 3.63) is 11.8 Å². The molecule has 0 amide bonds. The highest BCUT2D eigenvalue weighted by atomic mass is 127. The zero-order valence-electron chi connectivity index (χ0n) is 5.13. The van der Waals surface area contributed by atoms with E-state index in [1.54, 1.807) is 7.05 Å². The van der Waals surface area contributed by atoms with Crippen LogP contribution in [-0.2, 0) is 0 Å². The summed E-state index contributed by atoms with van der Waals surface area (Å²) in [6.45, 7) is -0.0495. The van der Waals surface area contributed by atoms with Gasteiger partial charge in [-0.2, -0.15) is 0 Å². The molecular weight excluding hydrogens is 231 g/mol. The highest BCUT2D eigenvalue weighted by Gasteiger charge is 1.97. The summed E-state index contributed by atoms with van der Waals surface area (Å²) in [5, 5.41) is 8.59. The maximum atomic E-state index is 8.59. The van der Waals surface area contributed by atoms with Crippen LogP contribution in [0.25, 0.3) is 0 Å². The van der Waals surface area contributed by atoms with Crippen LogP contribution in [0.15, 0.2) is 16.8 Å². The van der Waals surface area contributed by atoms with Crippen molar-refractivity contribution in [1.82, 2.24) is 0 Å². The topological polar surface area (TPSA) is 58.6 Å². The Hall–Kier alpha value is -0.100. The number of hydrogen-bond acceptors (Lipinski definition) is 3. The predicted molar refractivity (Wildman–Crippen MR) is 46.7 cm³/mol. The minimum Gasteiger partial charge on any atom is -0.404 e. The monoisotopic (exact) mass is 240 g/mol. The molecule has 3 N–H and O–H groups in total. The molecule has 0 aromatic carbocycles. The van der Waals surface area contributed by atoms with Gasteiger partial charge in [-0.05, 0) is 22.6 Å². The lowest BCUT2D eigenvalue weighted by molar-refractivity contribution is 0.337. The molecule has 0 bridgehead atoms. The number of hydrogen-bond donors (Lipinski definition) is 2. The Bertz CT molecular complexity index is 142. The summed E-state index contributed by atoms with van der Waals surface area (Å²) in [5.74, 6) is 0. The maximum absolute atomic E-state index is 8.59. The van der Waals surface area contributed by atoms with Gasteiger partial charge in [0.25, 0.3) is 0 Å². The van der Waals surface area contributed by atoms with Crippen LogP contribution in [0.2, 0.25) is 0 Å². The van der Waals surface area contributed by atoms with Crippen molar-refractivity contribution in [1.29, 1.82) is 0 Å². The Morgan fingerprint density at radius 3 is 2.56 bits per heavy atom. The first kappa shape index (κ1) is 8.90. The Balaban J connectivity index is 4.14. The second-order valence-corrected chi connectivity index (χ2v) is 2.39. The third-order valence-electron chi connectivity index (χ3n) is 0.833. The lowest BCUT2D eigenvalue weighted by Crippen LogP contribution is -2.01. The molecule has 0 rings (SSSR count). The Morgan fingerprint density at radius 2 is 2.44 bits per heavy atom. The van der Waals surface area contributed by atoms with E-state index in [0.717, 1.165) is 3.72 Å². The van der Waals surface area contributed by atoms with E-state index in [9.17, 15) is 0 Å². The van der Waals surface area contributed by atoms with Gasteiger partial charge in [0.2, 0.25) is 0 Å². The molecule has 0 saturated carbocycles. The van der Waals surface area contributed by atoms with E-state index in [1.165, 1.54) is 6.20 Å². The number of aliphatic hydroxyl groups is 1. The molecule has 52 valence electrons. The first-order chi connectivity index (χ1) is 4.26. The number of aliphatic imine (C=N–C) groups is 1. The number of rotatable bonds is 2. The van der Waals surface area contributed by atoms with E-state index < -0.39 is 0 Å². The fourth-order valence-corrected chi connectivity index (χ4v) is 0.681. The van der Waals surface area contributed by atoms with Crippen LogP contribution in [0, 0.1) is 0 Å². The quantitative estimate of drug-likeness (QED) is 0.538. The van der Waals surface area contributed by atoms with Gasteiger partial charge in [0.05, 0.1) is 6.61 Å². The summed E-state index contributed by atoms with van der Waals surface area (Å²) in [6.07, 6.45) is 1.36. The van der Waals surface area contributed by atoms with Gasteiger partial charge >= 0.3 is 0 Å². The first-order valence-corrected chi connectivity index (χ1v) is 3.48. The second-order valence-electron chi connectivity index (χ2n) is 1.36. The molecule has 0 fully saturated rings. The minimum atomic E-state index is -0.0495. The summed E-state index contributed by atoms with van der Waals surface area (Å²) < 4.78 is 0.748. The number of nitrogens with two attached hydrogens (primary N) is 1. The van der Waals surface area contributed by atoms with E-state index >= 15 is 0 Å². The van der Waals surface area contributed by atoms with E-state index in [1.807, 2.05) is 22.6 Å². The van der Waals surface area contributed by atoms with Crippen LogP contribution in [0.1, 0.15) is 0 Å². The molecule has 0 aromatic heterocycles. The maximum Gasteiger partial charge on any atom is 0.102 e. The van der Waals surface area contributed by atoms with E-state index in [2.05, 4.69) is 4.99 Å². The second kappa shape index (κ2) is 4.75.